The quantitative estimate of drug-likeness (QED) is 0.539. The highest BCUT2D eigenvalue weighted by atomic mass is 32.2. The van der Waals surface area contributed by atoms with Crippen LogP contribution in [-0.4, -0.2) is 32.5 Å². The van der Waals surface area contributed by atoms with E-state index in [2.05, 4.69) is 37.4 Å². The van der Waals surface area contributed by atoms with Gasteiger partial charge >= 0.3 is 7.12 Å². The zero-order valence-corrected chi connectivity index (χ0v) is 18.6. The number of carbonyl (C=O) groups is 1. The highest BCUT2D eigenvalue weighted by Crippen LogP contribution is 2.23. The highest BCUT2D eigenvalue weighted by Gasteiger charge is 2.33. The van der Waals surface area contributed by atoms with Crippen LogP contribution < -0.4 is 10.8 Å². The van der Waals surface area contributed by atoms with Crippen molar-refractivity contribution in [2.45, 2.75) is 38.0 Å². The minimum atomic E-state index is -0.298. The predicted molar refractivity (Wildman–Crippen MR) is 122 cm³/mol. The minimum absolute atomic E-state index is 0.0426. The van der Waals surface area contributed by atoms with Crippen LogP contribution in [0.1, 0.15) is 37.8 Å². The Balaban J connectivity index is 1.45. The third-order valence-electron chi connectivity index (χ3n) is 4.98. The van der Waals surface area contributed by atoms with Gasteiger partial charge < -0.3 is 14.6 Å². The lowest BCUT2D eigenvalue weighted by Crippen LogP contribution is -2.47. The van der Waals surface area contributed by atoms with Crippen molar-refractivity contribution in [3.63, 3.8) is 0 Å². The topological polar surface area (TPSA) is 71.3 Å². The molecule has 0 unspecified atom stereocenters. The van der Waals surface area contributed by atoms with E-state index < -0.39 is 0 Å². The number of rotatable bonds is 7. The fourth-order valence-electron chi connectivity index (χ4n) is 3.28. The number of thioether (sulfide) groups is 1. The van der Waals surface area contributed by atoms with Crippen LogP contribution in [0.3, 0.4) is 0 Å². The predicted octanol–water partition coefficient (Wildman–Crippen LogP) is 4.01. The third-order valence-corrected chi connectivity index (χ3v) is 5.77. The molecule has 0 spiro atoms. The van der Waals surface area contributed by atoms with Crippen LogP contribution in [0.2, 0.25) is 0 Å². The van der Waals surface area contributed by atoms with Crippen molar-refractivity contribution in [3.05, 3.63) is 53.6 Å². The maximum atomic E-state index is 12.2. The molecule has 1 amide bonds. The molecule has 1 aliphatic rings. The molecule has 0 bridgehead atoms. The van der Waals surface area contributed by atoms with Gasteiger partial charge in [0.25, 0.3) is 0 Å². The Morgan fingerprint density at radius 2 is 1.90 bits per heavy atom. The molecule has 1 heterocycles. The lowest BCUT2D eigenvalue weighted by molar-refractivity contribution is -0.116. The maximum absolute atomic E-state index is 12.2. The van der Waals surface area contributed by atoms with E-state index in [9.17, 15) is 10.1 Å². The highest BCUT2D eigenvalue weighted by molar-refractivity contribution is 7.98. The second-order valence-electron chi connectivity index (χ2n) is 8.29. The Bertz CT molecular complexity index is 915. The maximum Gasteiger partial charge on any atom is 0.493 e. The molecular weight excluding hydrogens is 395 g/mol. The van der Waals surface area contributed by atoms with Crippen molar-refractivity contribution in [2.24, 2.45) is 5.41 Å². The summed E-state index contributed by atoms with van der Waals surface area (Å²) in [5.41, 5.74) is 3.50. The second kappa shape index (κ2) is 10.2. The molecule has 0 radical (unpaired) electrons. The van der Waals surface area contributed by atoms with Crippen molar-refractivity contribution in [2.75, 3.05) is 24.8 Å². The number of nitriles is 1. The van der Waals surface area contributed by atoms with Gasteiger partial charge in [0.05, 0.1) is 5.56 Å². The Morgan fingerprint density at radius 3 is 2.53 bits per heavy atom. The summed E-state index contributed by atoms with van der Waals surface area (Å²) in [5.74, 6) is -0.0426. The number of nitrogens with zero attached hydrogens (tertiary/aromatic N) is 1. The van der Waals surface area contributed by atoms with Gasteiger partial charge in [-0.05, 0) is 48.3 Å². The third kappa shape index (κ3) is 6.12. The SMILES string of the molecule is CSc1ccc(NC(=O)CCCc2ccc(B3OCC(C)(C)CO3)cc2)cc1C#N. The molecule has 1 aliphatic heterocycles. The average molecular weight is 422 g/mol. The van der Waals surface area contributed by atoms with Crippen LogP contribution in [-0.2, 0) is 20.5 Å². The van der Waals surface area contributed by atoms with E-state index in [1.807, 2.05) is 30.5 Å². The molecule has 1 N–H and O–H groups in total. The van der Waals surface area contributed by atoms with Gasteiger partial charge in [-0.25, -0.2) is 0 Å². The molecule has 0 aliphatic carbocycles. The molecule has 2 aromatic rings. The normalized spacial score (nSPS) is 15.5. The summed E-state index contributed by atoms with van der Waals surface area (Å²) >= 11 is 1.52. The lowest BCUT2D eigenvalue weighted by atomic mass is 9.75. The summed E-state index contributed by atoms with van der Waals surface area (Å²) < 4.78 is 11.6. The van der Waals surface area contributed by atoms with E-state index in [4.69, 9.17) is 9.31 Å². The molecule has 2 aromatic carbocycles. The number of benzene rings is 2. The van der Waals surface area contributed by atoms with Crippen LogP contribution >= 0.6 is 11.8 Å². The first-order valence-corrected chi connectivity index (χ1v) is 11.3. The van der Waals surface area contributed by atoms with Crippen LogP contribution in [0.4, 0.5) is 5.69 Å². The summed E-state index contributed by atoms with van der Waals surface area (Å²) in [5, 5.41) is 12.1. The molecule has 7 heteroatoms. The first-order valence-electron chi connectivity index (χ1n) is 10.1. The molecule has 3 rings (SSSR count). The van der Waals surface area contributed by atoms with Crippen molar-refractivity contribution < 1.29 is 14.1 Å². The molecule has 0 saturated carbocycles. The van der Waals surface area contributed by atoms with Gasteiger partial charge in [0, 0.05) is 35.6 Å². The van der Waals surface area contributed by atoms with Gasteiger partial charge in [-0.1, -0.05) is 38.1 Å². The summed E-state index contributed by atoms with van der Waals surface area (Å²) in [6.45, 7) is 5.63. The van der Waals surface area contributed by atoms with E-state index in [1.165, 1.54) is 17.3 Å². The summed E-state index contributed by atoms with van der Waals surface area (Å²) in [7, 11) is -0.298. The van der Waals surface area contributed by atoms with E-state index in [1.54, 1.807) is 6.07 Å². The van der Waals surface area contributed by atoms with E-state index >= 15 is 0 Å². The number of carbonyl (C=O) groups excluding carboxylic acids is 1. The second-order valence-corrected chi connectivity index (χ2v) is 9.14. The Kier molecular flexibility index (Phi) is 7.60. The van der Waals surface area contributed by atoms with E-state index in [-0.39, 0.29) is 18.4 Å². The van der Waals surface area contributed by atoms with E-state index in [0.29, 0.717) is 30.9 Å². The Morgan fingerprint density at radius 1 is 1.20 bits per heavy atom. The van der Waals surface area contributed by atoms with Crippen molar-refractivity contribution in [1.29, 1.82) is 5.26 Å². The Labute approximate surface area is 183 Å². The van der Waals surface area contributed by atoms with Gasteiger partial charge in [-0.2, -0.15) is 5.26 Å². The Hall–Kier alpha value is -2.27. The van der Waals surface area contributed by atoms with Gasteiger partial charge in [-0.15, -0.1) is 11.8 Å². The number of nitrogens with one attached hydrogen (secondary N) is 1. The summed E-state index contributed by atoms with van der Waals surface area (Å²) in [6.07, 6.45) is 3.93. The molecule has 1 fully saturated rings. The summed E-state index contributed by atoms with van der Waals surface area (Å²) in [4.78, 5) is 13.1. The first-order chi connectivity index (χ1) is 14.4. The number of aryl methyl sites for hydroxylation is 1. The monoisotopic (exact) mass is 422 g/mol. The average Bonchev–Trinajstić information content (AvgIpc) is 2.74. The zero-order chi connectivity index (χ0) is 21.6. The van der Waals surface area contributed by atoms with Gasteiger partial charge in [0.2, 0.25) is 5.91 Å². The zero-order valence-electron chi connectivity index (χ0n) is 17.7. The van der Waals surface area contributed by atoms with Gasteiger partial charge in [-0.3, -0.25) is 4.79 Å². The van der Waals surface area contributed by atoms with Crippen LogP contribution in [0.25, 0.3) is 0 Å². The van der Waals surface area contributed by atoms with Crippen LogP contribution in [0.5, 0.6) is 0 Å². The molecule has 5 nitrogen and oxygen atoms in total. The van der Waals surface area contributed by atoms with Crippen molar-refractivity contribution in [3.8, 4) is 6.07 Å². The lowest BCUT2D eigenvalue weighted by Gasteiger charge is -2.33. The van der Waals surface area contributed by atoms with Crippen LogP contribution in [0.15, 0.2) is 47.4 Å². The largest absolute Gasteiger partial charge is 0.493 e. The number of amides is 1. The van der Waals surface area contributed by atoms with Crippen LogP contribution in [0, 0.1) is 16.7 Å². The number of hydrogen-bond acceptors (Lipinski definition) is 5. The van der Waals surface area contributed by atoms with Crippen molar-refractivity contribution in [1.82, 2.24) is 0 Å². The number of anilines is 1. The fraction of sp³-hybridized carbons (Fsp3) is 0.391. The summed E-state index contributed by atoms with van der Waals surface area (Å²) in [6, 6.07) is 15.8. The number of hydrogen-bond donors (Lipinski definition) is 1. The first kappa shape index (κ1) is 22.4. The smallest absolute Gasteiger partial charge is 0.407 e. The molecule has 1 saturated heterocycles. The standard InChI is InChI=1S/C23H27BN2O3S/c1-23(2)15-28-24(29-16-23)19-9-7-17(8-10-19)5-4-6-22(27)26-20-11-12-21(30-3)18(13-20)14-25/h7-13H,4-6,15-16H2,1-3H3,(H,26,27). The molecule has 30 heavy (non-hydrogen) atoms. The van der Waals surface area contributed by atoms with Gasteiger partial charge in [0.15, 0.2) is 0 Å². The molecule has 0 atom stereocenters. The molecule has 156 valence electrons. The van der Waals surface area contributed by atoms with E-state index in [0.717, 1.165) is 23.2 Å². The van der Waals surface area contributed by atoms with Crippen molar-refractivity contribution >= 4 is 35.9 Å². The van der Waals surface area contributed by atoms with Gasteiger partial charge in [0.1, 0.15) is 6.07 Å². The fourth-order valence-corrected chi connectivity index (χ4v) is 3.80. The molecule has 0 aromatic heterocycles. The minimum Gasteiger partial charge on any atom is -0.407 e. The molecular formula is C23H27BN2O3S.